The van der Waals surface area contributed by atoms with Crippen LogP contribution in [0.15, 0.2) is 42.5 Å². The molecule has 1 aliphatic rings. The highest BCUT2D eigenvalue weighted by Crippen LogP contribution is 2.20. The van der Waals surface area contributed by atoms with Crippen molar-refractivity contribution < 1.29 is 23.9 Å². The first-order valence-corrected chi connectivity index (χ1v) is 8.90. The maximum atomic E-state index is 12.4. The molecule has 2 atom stereocenters. The zero-order chi connectivity index (χ0) is 19.9. The number of nitrogens with one attached hydrogen (secondary N) is 2. The molecule has 1 aromatic rings. The summed E-state index contributed by atoms with van der Waals surface area (Å²) in [6.45, 7) is 5.29. The van der Waals surface area contributed by atoms with E-state index in [-0.39, 0.29) is 6.61 Å². The number of amides is 3. The molecule has 2 rings (SSSR count). The SMILES string of the molecule is CC(C)(C)OC(=O)NC(=O)C1CC=CC[C@@H]1NC(=O)OCc1ccccc1. The van der Waals surface area contributed by atoms with Crippen molar-refractivity contribution in [2.45, 2.75) is 51.9 Å². The summed E-state index contributed by atoms with van der Waals surface area (Å²) in [6, 6.07) is 8.85. The van der Waals surface area contributed by atoms with Gasteiger partial charge in [0.25, 0.3) is 0 Å². The van der Waals surface area contributed by atoms with Crippen molar-refractivity contribution in [2.75, 3.05) is 0 Å². The van der Waals surface area contributed by atoms with E-state index < -0.39 is 35.7 Å². The van der Waals surface area contributed by atoms with Gasteiger partial charge in [-0.2, -0.15) is 0 Å². The van der Waals surface area contributed by atoms with Gasteiger partial charge >= 0.3 is 12.2 Å². The lowest BCUT2D eigenvalue weighted by Crippen LogP contribution is -2.49. The molecule has 27 heavy (non-hydrogen) atoms. The Bertz CT molecular complexity index is 694. The Morgan fingerprint density at radius 3 is 2.37 bits per heavy atom. The zero-order valence-corrected chi connectivity index (χ0v) is 15.9. The number of hydrogen-bond donors (Lipinski definition) is 2. The minimum absolute atomic E-state index is 0.143. The van der Waals surface area contributed by atoms with Crippen LogP contribution in [-0.2, 0) is 20.9 Å². The van der Waals surface area contributed by atoms with Crippen LogP contribution in [0.3, 0.4) is 0 Å². The molecule has 0 bridgehead atoms. The Morgan fingerprint density at radius 1 is 1.04 bits per heavy atom. The Labute approximate surface area is 159 Å². The van der Waals surface area contributed by atoms with Crippen LogP contribution >= 0.6 is 0 Å². The Balaban J connectivity index is 1.88. The topological polar surface area (TPSA) is 93.7 Å². The van der Waals surface area contributed by atoms with Gasteiger partial charge in [0, 0.05) is 6.04 Å². The van der Waals surface area contributed by atoms with E-state index in [1.807, 2.05) is 42.5 Å². The molecule has 1 unspecified atom stereocenters. The summed E-state index contributed by atoms with van der Waals surface area (Å²) in [5.74, 6) is -1.06. The van der Waals surface area contributed by atoms with Gasteiger partial charge in [-0.3, -0.25) is 10.1 Å². The minimum Gasteiger partial charge on any atom is -0.445 e. The van der Waals surface area contributed by atoms with Crippen LogP contribution in [0.1, 0.15) is 39.2 Å². The van der Waals surface area contributed by atoms with Gasteiger partial charge in [-0.25, -0.2) is 9.59 Å². The van der Waals surface area contributed by atoms with Crippen molar-refractivity contribution >= 4 is 18.1 Å². The number of hydrogen-bond acceptors (Lipinski definition) is 5. The highest BCUT2D eigenvalue weighted by Gasteiger charge is 2.32. The normalized spacial score (nSPS) is 19.1. The summed E-state index contributed by atoms with van der Waals surface area (Å²) < 4.78 is 10.3. The molecule has 0 saturated heterocycles. The summed E-state index contributed by atoms with van der Waals surface area (Å²) in [6.07, 6.45) is 3.24. The molecule has 3 amide bonds. The number of ether oxygens (including phenoxy) is 2. The van der Waals surface area contributed by atoms with Crippen molar-refractivity contribution in [3.63, 3.8) is 0 Å². The number of carbonyl (C=O) groups excluding carboxylic acids is 3. The van der Waals surface area contributed by atoms with Gasteiger partial charge in [0.1, 0.15) is 12.2 Å². The van der Waals surface area contributed by atoms with Crippen LogP contribution < -0.4 is 10.6 Å². The second-order valence-corrected chi connectivity index (χ2v) is 7.35. The summed E-state index contributed by atoms with van der Waals surface area (Å²) >= 11 is 0. The molecule has 0 radical (unpaired) electrons. The van der Waals surface area contributed by atoms with Gasteiger partial charge in [-0.15, -0.1) is 0 Å². The van der Waals surface area contributed by atoms with Gasteiger partial charge < -0.3 is 14.8 Å². The first-order chi connectivity index (χ1) is 12.7. The summed E-state index contributed by atoms with van der Waals surface area (Å²) in [7, 11) is 0. The third kappa shape index (κ3) is 7.13. The third-order valence-electron chi connectivity index (χ3n) is 3.91. The predicted octanol–water partition coefficient (Wildman–Crippen LogP) is 3.30. The van der Waals surface area contributed by atoms with Crippen LogP contribution in [0.2, 0.25) is 0 Å². The van der Waals surface area contributed by atoms with Crippen LogP contribution in [0.5, 0.6) is 0 Å². The monoisotopic (exact) mass is 374 g/mol. The Kier molecular flexibility index (Phi) is 6.98. The first-order valence-electron chi connectivity index (χ1n) is 8.90. The highest BCUT2D eigenvalue weighted by molar-refractivity contribution is 5.94. The van der Waals surface area contributed by atoms with E-state index in [0.717, 1.165) is 5.56 Å². The lowest BCUT2D eigenvalue weighted by atomic mass is 9.88. The highest BCUT2D eigenvalue weighted by atomic mass is 16.6. The zero-order valence-electron chi connectivity index (χ0n) is 15.9. The maximum Gasteiger partial charge on any atom is 0.414 e. The second kappa shape index (κ2) is 9.21. The quantitative estimate of drug-likeness (QED) is 0.789. The molecule has 7 nitrogen and oxygen atoms in total. The van der Waals surface area contributed by atoms with Gasteiger partial charge in [-0.05, 0) is 39.2 Å². The van der Waals surface area contributed by atoms with Gasteiger partial charge in [-0.1, -0.05) is 42.5 Å². The molecule has 0 fully saturated rings. The van der Waals surface area contributed by atoms with E-state index in [1.54, 1.807) is 20.8 Å². The van der Waals surface area contributed by atoms with E-state index in [2.05, 4.69) is 10.6 Å². The molecular weight excluding hydrogens is 348 g/mol. The number of allylic oxidation sites excluding steroid dienone is 1. The molecule has 0 spiro atoms. The fourth-order valence-electron chi connectivity index (χ4n) is 2.68. The molecule has 146 valence electrons. The van der Waals surface area contributed by atoms with Crippen LogP contribution in [0, 0.1) is 5.92 Å². The largest absolute Gasteiger partial charge is 0.445 e. The average molecular weight is 374 g/mol. The third-order valence-corrected chi connectivity index (χ3v) is 3.91. The van der Waals surface area contributed by atoms with E-state index in [1.165, 1.54) is 0 Å². The second-order valence-electron chi connectivity index (χ2n) is 7.35. The van der Waals surface area contributed by atoms with Crippen molar-refractivity contribution in [1.29, 1.82) is 0 Å². The molecule has 1 aromatic carbocycles. The molecule has 1 aliphatic carbocycles. The van der Waals surface area contributed by atoms with Crippen LogP contribution in [-0.4, -0.2) is 29.7 Å². The van der Waals surface area contributed by atoms with E-state index in [4.69, 9.17) is 9.47 Å². The predicted molar refractivity (Wildman–Crippen MR) is 99.8 cm³/mol. The molecular formula is C20H26N2O5. The number of benzene rings is 1. The molecule has 0 heterocycles. The van der Waals surface area contributed by atoms with E-state index in [0.29, 0.717) is 12.8 Å². The molecule has 2 N–H and O–H groups in total. The van der Waals surface area contributed by atoms with Crippen molar-refractivity contribution in [1.82, 2.24) is 10.6 Å². The number of alkyl carbamates (subject to hydrolysis) is 2. The first kappa shape index (κ1) is 20.5. The minimum atomic E-state index is -0.799. The van der Waals surface area contributed by atoms with E-state index >= 15 is 0 Å². The summed E-state index contributed by atoms with van der Waals surface area (Å²) in [5.41, 5.74) is 0.172. The van der Waals surface area contributed by atoms with Gasteiger partial charge in [0.05, 0.1) is 5.92 Å². The Morgan fingerprint density at radius 2 is 1.70 bits per heavy atom. The van der Waals surface area contributed by atoms with Gasteiger partial charge in [0.15, 0.2) is 0 Å². The fraction of sp³-hybridized carbons (Fsp3) is 0.450. The molecule has 0 saturated carbocycles. The summed E-state index contributed by atoms with van der Waals surface area (Å²) in [5, 5.41) is 4.96. The Hall–Kier alpha value is -2.83. The van der Waals surface area contributed by atoms with Crippen LogP contribution in [0.25, 0.3) is 0 Å². The van der Waals surface area contributed by atoms with Crippen molar-refractivity contribution in [2.24, 2.45) is 5.92 Å². The number of imide groups is 1. The smallest absolute Gasteiger partial charge is 0.414 e. The average Bonchev–Trinajstić information content (AvgIpc) is 2.59. The number of carbonyl (C=O) groups is 3. The van der Waals surface area contributed by atoms with Crippen molar-refractivity contribution in [3.05, 3.63) is 48.0 Å². The van der Waals surface area contributed by atoms with E-state index in [9.17, 15) is 14.4 Å². The fourth-order valence-corrected chi connectivity index (χ4v) is 2.68. The lowest BCUT2D eigenvalue weighted by Gasteiger charge is -2.28. The molecule has 0 aromatic heterocycles. The lowest BCUT2D eigenvalue weighted by molar-refractivity contribution is -0.125. The standard InChI is InChI=1S/C20H26N2O5/c1-20(2,3)27-19(25)22-17(23)15-11-7-8-12-16(15)21-18(24)26-13-14-9-5-4-6-10-14/h4-10,15-16H,11-13H2,1-3H3,(H,21,24)(H,22,23,25)/t15?,16-/m0/s1. The molecule has 0 aliphatic heterocycles. The summed E-state index contributed by atoms with van der Waals surface area (Å²) in [4.78, 5) is 36.3. The number of rotatable bonds is 4. The van der Waals surface area contributed by atoms with Crippen LogP contribution in [0.4, 0.5) is 9.59 Å². The van der Waals surface area contributed by atoms with Gasteiger partial charge in [0.2, 0.25) is 5.91 Å². The maximum absolute atomic E-state index is 12.4. The van der Waals surface area contributed by atoms with Crippen molar-refractivity contribution in [3.8, 4) is 0 Å². The molecule has 7 heteroatoms.